The van der Waals surface area contributed by atoms with Crippen molar-refractivity contribution in [3.8, 4) is 0 Å². The molecule has 0 bridgehead atoms. The molecule has 4 atom stereocenters. The molecule has 0 aliphatic carbocycles. The van der Waals surface area contributed by atoms with Gasteiger partial charge in [0.25, 0.3) is 0 Å². The molecule has 4 unspecified atom stereocenters. The summed E-state index contributed by atoms with van der Waals surface area (Å²) in [5.41, 5.74) is 10.7. The Morgan fingerprint density at radius 2 is 1.55 bits per heavy atom. The Kier molecular flexibility index (Phi) is 25.0. The van der Waals surface area contributed by atoms with E-state index in [1.54, 1.807) is 40.9 Å². The summed E-state index contributed by atoms with van der Waals surface area (Å²) in [5.74, 6) is -3.73. The van der Waals surface area contributed by atoms with Crippen LogP contribution in [0.1, 0.15) is 105 Å². The number of unbranched alkanes of at least 4 members (excludes halogenated alkanes) is 2. The Hall–Kier alpha value is -4.58. The Bertz CT molecular complexity index is 1900. The standard InChI is InChI=1S/C41H62N10O6S2.Cu/c1-8-35(53)32(24(2)3)22-36(54)27(6)46-39(57)34(21-29-23-45-33-16-12-11-15-31(29)33)47-38(56)28(17-18-37(42)55)20-30(52)14-10-9-13-19-44-41(59)51-49-26(5)25(4)48-50-40(58)43-7;/h11-12,15-16,23-24,27-28,32,34,45H,8-10,13-14,17-22H2,1-7H3,(H2,42,55)(H,46,57)(H,47,56)(H2,43,50,58)(H2,44,51,59);/q;+2/p-2/b48-25+,49-26+;/i;1+0. The number of rotatable bonds is 26. The van der Waals surface area contributed by atoms with E-state index in [2.05, 4.69) is 46.7 Å². The van der Waals surface area contributed by atoms with Crippen LogP contribution >= 0.6 is 0 Å². The number of amidine groups is 2. The first-order valence-corrected chi connectivity index (χ1v) is 20.8. The number of amides is 3. The summed E-state index contributed by atoms with van der Waals surface area (Å²) in [6.07, 6.45) is 4.01. The summed E-state index contributed by atoms with van der Waals surface area (Å²) < 4.78 is 0. The second-order valence-corrected chi connectivity index (χ2v) is 15.6. The average Bonchev–Trinajstić information content (AvgIpc) is 3.61. The average molecular weight is 917 g/mol. The summed E-state index contributed by atoms with van der Waals surface area (Å²) >= 11 is 10.2. The van der Waals surface area contributed by atoms with Gasteiger partial charge in [0.05, 0.1) is 17.5 Å². The van der Waals surface area contributed by atoms with E-state index in [1.807, 2.05) is 38.1 Å². The molecule has 0 fully saturated rings. The van der Waals surface area contributed by atoms with E-state index in [0.717, 1.165) is 16.5 Å². The molecular formula is C41H60CuN10O6S2. The van der Waals surface area contributed by atoms with Gasteiger partial charge in [0, 0.05) is 81.1 Å². The number of hydrazone groups is 1. The summed E-state index contributed by atoms with van der Waals surface area (Å²) in [7, 11) is 1.55. The smallest absolute Gasteiger partial charge is 0.741 e. The van der Waals surface area contributed by atoms with Crippen molar-refractivity contribution < 1.29 is 45.8 Å². The van der Waals surface area contributed by atoms with Gasteiger partial charge in [0.2, 0.25) is 17.7 Å². The molecule has 2 rings (SSSR count). The number of H-pyrrole nitrogens is 1. The molecule has 60 heavy (non-hydrogen) atoms. The third-order valence-electron chi connectivity index (χ3n) is 9.89. The Morgan fingerprint density at radius 1 is 0.850 bits per heavy atom. The molecule has 0 aliphatic heterocycles. The van der Waals surface area contributed by atoms with Crippen LogP contribution in [-0.4, -0.2) is 87.5 Å². The predicted octanol–water partition coefficient (Wildman–Crippen LogP) is 3.68. The predicted molar refractivity (Wildman–Crippen MR) is 238 cm³/mol. The number of fused-ring (bicyclic) bond motifs is 1. The maximum Gasteiger partial charge on any atom is 2.00 e. The summed E-state index contributed by atoms with van der Waals surface area (Å²) in [6.45, 7) is 11.1. The number of nitrogens with zero attached hydrogens (tertiary/aromatic N) is 4. The molecule has 333 valence electrons. The molecule has 16 nitrogen and oxygen atoms in total. The molecule has 3 amide bonds. The van der Waals surface area contributed by atoms with Crippen LogP contribution in [-0.2, 0) is 77.5 Å². The minimum Gasteiger partial charge on any atom is -0.741 e. The van der Waals surface area contributed by atoms with Crippen LogP contribution in [0, 0.1) is 17.8 Å². The van der Waals surface area contributed by atoms with E-state index in [9.17, 15) is 28.8 Å². The first kappa shape index (κ1) is 53.4. The zero-order chi connectivity index (χ0) is 44.1. The van der Waals surface area contributed by atoms with Gasteiger partial charge in [0.15, 0.2) is 5.78 Å². The van der Waals surface area contributed by atoms with E-state index in [0.29, 0.717) is 43.7 Å². The molecule has 1 heterocycles. The van der Waals surface area contributed by atoms with Gasteiger partial charge >= 0.3 is 17.1 Å². The van der Waals surface area contributed by atoms with Crippen LogP contribution in [0.4, 0.5) is 0 Å². The van der Waals surface area contributed by atoms with Crippen molar-refractivity contribution >= 4 is 93.0 Å². The minimum absolute atomic E-state index is 0. The van der Waals surface area contributed by atoms with Gasteiger partial charge in [-0.15, -0.1) is 0 Å². The van der Waals surface area contributed by atoms with Crippen LogP contribution in [0.3, 0.4) is 0 Å². The van der Waals surface area contributed by atoms with E-state index in [1.165, 1.54) is 0 Å². The number of Topliss-reactive ketones (excluding diaryl/α,β-unsaturated/α-hetero) is 3. The fraction of sp³-hybridized carbons (Fsp3) is 0.561. The maximum atomic E-state index is 13.9. The number of aromatic amines is 1. The second kappa shape index (κ2) is 28.0. The maximum absolute atomic E-state index is 13.9. The van der Waals surface area contributed by atoms with E-state index in [-0.39, 0.29) is 89.2 Å². The largest absolute Gasteiger partial charge is 2.00 e. The summed E-state index contributed by atoms with van der Waals surface area (Å²) in [4.78, 5) is 85.4. The minimum atomic E-state index is -1.13. The molecule has 1 radical (unpaired) electrons. The number of nitrogens with one attached hydrogen (secondary N) is 5. The summed E-state index contributed by atoms with van der Waals surface area (Å²) in [5, 5.41) is 22.0. The number of carbonyl (C=O) groups excluding carboxylic acids is 6. The van der Waals surface area contributed by atoms with Crippen molar-refractivity contribution in [2.24, 2.45) is 43.8 Å². The number of primary amides is 1. The van der Waals surface area contributed by atoms with Crippen molar-refractivity contribution in [1.82, 2.24) is 26.4 Å². The fourth-order valence-corrected chi connectivity index (χ4v) is 6.31. The van der Waals surface area contributed by atoms with Gasteiger partial charge in [-0.3, -0.25) is 39.2 Å². The Balaban J connectivity index is 0.0000180. The summed E-state index contributed by atoms with van der Waals surface area (Å²) in [6, 6.07) is 5.46. The number of aliphatic imine (C=N–C) groups is 1. The van der Waals surface area contributed by atoms with Crippen molar-refractivity contribution in [2.75, 3.05) is 13.6 Å². The van der Waals surface area contributed by atoms with Crippen LogP contribution in [0.15, 0.2) is 50.8 Å². The molecule has 0 saturated carbocycles. The Labute approximate surface area is 374 Å². The number of carbonyl (C=O) groups is 6. The van der Waals surface area contributed by atoms with Crippen LogP contribution in [0.25, 0.3) is 10.9 Å². The van der Waals surface area contributed by atoms with Gasteiger partial charge in [-0.2, -0.15) is 15.3 Å². The number of aromatic nitrogens is 1. The van der Waals surface area contributed by atoms with Crippen molar-refractivity contribution in [2.45, 2.75) is 118 Å². The molecule has 0 spiro atoms. The number of hydrogen-bond donors (Lipinski definition) is 6. The quantitative estimate of drug-likeness (QED) is 0.0200. The number of ketones is 3. The van der Waals surface area contributed by atoms with Gasteiger partial charge in [-0.05, 0) is 67.9 Å². The molecular weight excluding hydrogens is 857 g/mol. The third-order valence-corrected chi connectivity index (χ3v) is 10.4. The zero-order valence-electron chi connectivity index (χ0n) is 35.5. The molecule has 1 aromatic carbocycles. The third kappa shape index (κ3) is 19.2. The molecule has 0 saturated heterocycles. The first-order valence-electron chi connectivity index (χ1n) is 20.0. The van der Waals surface area contributed by atoms with Gasteiger partial charge in [0.1, 0.15) is 17.6 Å². The van der Waals surface area contributed by atoms with Crippen LogP contribution in [0.5, 0.6) is 0 Å². The van der Waals surface area contributed by atoms with E-state index < -0.39 is 41.6 Å². The number of benzene rings is 1. The first-order chi connectivity index (χ1) is 28.0. The molecule has 7 N–H and O–H groups in total. The number of hydrogen-bond acceptors (Lipinski definition) is 12. The second-order valence-electron chi connectivity index (χ2n) is 14.8. The van der Waals surface area contributed by atoms with Crippen molar-refractivity contribution in [3.63, 3.8) is 0 Å². The van der Waals surface area contributed by atoms with Gasteiger partial charge in [-0.1, -0.05) is 45.4 Å². The Morgan fingerprint density at radius 3 is 2.20 bits per heavy atom. The zero-order valence-corrected chi connectivity index (χ0v) is 38.1. The van der Waals surface area contributed by atoms with Crippen molar-refractivity contribution in [3.05, 3.63) is 36.0 Å². The monoisotopic (exact) mass is 916 g/mol. The number of nitrogens with two attached hydrogens (primary N) is 1. The molecule has 2 aromatic rings. The van der Waals surface area contributed by atoms with Gasteiger partial charge < -0.3 is 51.9 Å². The normalized spacial score (nSPS) is 14.4. The fourth-order valence-electron chi connectivity index (χ4n) is 6.12. The van der Waals surface area contributed by atoms with E-state index in [4.69, 9.17) is 31.0 Å². The van der Waals surface area contributed by atoms with Crippen LogP contribution < -0.4 is 27.1 Å². The van der Waals surface area contributed by atoms with Crippen molar-refractivity contribution in [1.29, 1.82) is 0 Å². The topological polar surface area (TPSA) is 242 Å². The van der Waals surface area contributed by atoms with Crippen LogP contribution in [0.2, 0.25) is 0 Å². The van der Waals surface area contributed by atoms with Gasteiger partial charge in [-0.25, -0.2) is 0 Å². The molecule has 1 aromatic heterocycles. The van der Waals surface area contributed by atoms with E-state index >= 15 is 0 Å². The SMILES string of the molecule is CCC(=O)C(CC(=O)C(C)NC(=O)C(Cc1c[nH]c2ccccc12)NC(=O)C(CCC(N)=O)CC(=O)CCCCCN/C([S-])=N/N=C(C)/C(C)=N/NC([S-])=NC)C(C)C.[64Cu+2]. The molecule has 19 heteroatoms. The molecule has 0 aliphatic rings. The number of para-hydroxylation sites is 1.